The van der Waals surface area contributed by atoms with Crippen LogP contribution in [0.4, 0.5) is 0 Å². The first-order valence-electron chi connectivity index (χ1n) is 2.29. The molecule has 0 fully saturated rings. The average molecular weight is 163 g/mol. The van der Waals surface area contributed by atoms with E-state index in [1.165, 1.54) is 0 Å². The van der Waals surface area contributed by atoms with Crippen LogP contribution in [0.1, 0.15) is 6.42 Å². The normalized spacial score (nSPS) is 39.7. The van der Waals surface area contributed by atoms with E-state index in [9.17, 15) is 0 Å². The number of halogens is 1. The lowest BCUT2D eigenvalue weighted by Crippen LogP contribution is -2.10. The number of rotatable bonds is 0. The first kappa shape index (κ1) is 5.32. The summed E-state index contributed by atoms with van der Waals surface area (Å²) < 4.78 is 0. The van der Waals surface area contributed by atoms with E-state index >= 15 is 0 Å². The predicted molar refractivity (Wildman–Crippen MR) is 32.5 cm³/mol. The van der Waals surface area contributed by atoms with E-state index in [0.29, 0.717) is 0 Å². The predicted octanol–water partition coefficient (Wildman–Crippen LogP) is 1.07. The van der Waals surface area contributed by atoms with Gasteiger partial charge in [-0.15, -0.1) is 0 Å². The monoisotopic (exact) mass is 162 g/mol. The molecule has 1 aliphatic rings. The Kier molecular flexibility index (Phi) is 1.50. The summed E-state index contributed by atoms with van der Waals surface area (Å²) in [6.07, 6.45) is 4.49. The minimum atomic E-state index is -0.250. The average Bonchev–Trinajstić information content (AvgIpc) is 1.91. The molecule has 1 nitrogen and oxygen atoms in total. The van der Waals surface area contributed by atoms with E-state index in [2.05, 4.69) is 15.9 Å². The van der Waals surface area contributed by atoms with E-state index in [1.54, 1.807) is 6.08 Å². The van der Waals surface area contributed by atoms with Crippen molar-refractivity contribution in [1.82, 2.24) is 0 Å². The molecule has 7 heavy (non-hydrogen) atoms. The molecule has 0 saturated carbocycles. The zero-order chi connectivity index (χ0) is 5.28. The molecule has 0 bridgehead atoms. The molecule has 0 heterocycles. The van der Waals surface area contributed by atoms with E-state index in [4.69, 9.17) is 5.11 Å². The van der Waals surface area contributed by atoms with Gasteiger partial charge in [0.15, 0.2) is 0 Å². The Labute approximate surface area is 51.2 Å². The molecule has 0 aliphatic heterocycles. The highest BCUT2D eigenvalue weighted by Crippen LogP contribution is 2.17. The molecule has 0 aromatic heterocycles. The van der Waals surface area contributed by atoms with Crippen molar-refractivity contribution in [2.24, 2.45) is 0 Å². The number of hydrogen-bond donors (Lipinski definition) is 1. The topological polar surface area (TPSA) is 20.2 Å². The van der Waals surface area contributed by atoms with Gasteiger partial charge < -0.3 is 5.11 Å². The van der Waals surface area contributed by atoms with Gasteiger partial charge in [0.05, 0.1) is 6.10 Å². The highest BCUT2D eigenvalue weighted by Gasteiger charge is 2.15. The fraction of sp³-hybridized carbons (Fsp3) is 0.600. The smallest absolute Gasteiger partial charge is 0.0848 e. The molecule has 2 heteroatoms. The SMILES string of the molecule is OC1C=CCC1Br. The maximum Gasteiger partial charge on any atom is 0.0848 e. The quantitative estimate of drug-likeness (QED) is 0.418. The number of alkyl halides is 1. The van der Waals surface area contributed by atoms with Gasteiger partial charge in [-0.2, -0.15) is 0 Å². The van der Waals surface area contributed by atoms with Crippen LogP contribution in [0.3, 0.4) is 0 Å². The first-order valence-corrected chi connectivity index (χ1v) is 3.21. The third-order valence-corrected chi connectivity index (χ3v) is 1.98. The molecule has 0 amide bonds. The summed E-state index contributed by atoms with van der Waals surface area (Å²) in [5.74, 6) is 0. The molecule has 40 valence electrons. The molecule has 0 aromatic rings. The van der Waals surface area contributed by atoms with Crippen LogP contribution in [-0.2, 0) is 0 Å². The van der Waals surface area contributed by atoms with Crippen molar-refractivity contribution in [2.75, 3.05) is 0 Å². The van der Waals surface area contributed by atoms with Gasteiger partial charge in [-0.1, -0.05) is 28.1 Å². The second kappa shape index (κ2) is 1.97. The molecule has 0 spiro atoms. The zero-order valence-corrected chi connectivity index (χ0v) is 5.43. The molecule has 0 saturated heterocycles. The first-order chi connectivity index (χ1) is 3.30. The molecule has 0 radical (unpaired) electrons. The lowest BCUT2D eigenvalue weighted by molar-refractivity contribution is 0.230. The van der Waals surface area contributed by atoms with Crippen LogP contribution in [0, 0.1) is 0 Å². The summed E-state index contributed by atoms with van der Waals surface area (Å²) in [4.78, 5) is 0.271. The van der Waals surface area contributed by atoms with Crippen LogP contribution in [0.15, 0.2) is 12.2 Å². The van der Waals surface area contributed by atoms with Crippen molar-refractivity contribution in [3.8, 4) is 0 Å². The van der Waals surface area contributed by atoms with Gasteiger partial charge in [0.2, 0.25) is 0 Å². The van der Waals surface area contributed by atoms with E-state index in [0.717, 1.165) is 6.42 Å². The summed E-state index contributed by atoms with van der Waals surface area (Å²) in [6, 6.07) is 0. The standard InChI is InChI=1S/C5H7BrO/c6-4-2-1-3-5(4)7/h1,3-5,7H,2H2. The lowest BCUT2D eigenvalue weighted by Gasteiger charge is -2.01. The summed E-state index contributed by atoms with van der Waals surface area (Å²) in [5, 5.41) is 8.86. The minimum absolute atomic E-state index is 0.250. The van der Waals surface area contributed by atoms with Crippen molar-refractivity contribution in [1.29, 1.82) is 0 Å². The Balaban J connectivity index is 2.45. The molecule has 1 aliphatic carbocycles. The van der Waals surface area contributed by atoms with Gasteiger partial charge in [0.1, 0.15) is 0 Å². The molecule has 2 atom stereocenters. The van der Waals surface area contributed by atoms with Gasteiger partial charge >= 0.3 is 0 Å². The zero-order valence-electron chi connectivity index (χ0n) is 3.84. The van der Waals surface area contributed by atoms with E-state index in [1.807, 2.05) is 6.08 Å². The third kappa shape index (κ3) is 1.04. The van der Waals surface area contributed by atoms with E-state index in [-0.39, 0.29) is 10.9 Å². The highest BCUT2D eigenvalue weighted by atomic mass is 79.9. The van der Waals surface area contributed by atoms with Gasteiger partial charge in [-0.3, -0.25) is 0 Å². The Morgan fingerprint density at radius 2 is 2.43 bits per heavy atom. The number of hydrogen-bond acceptors (Lipinski definition) is 1. The second-order valence-corrected chi connectivity index (χ2v) is 2.85. The van der Waals surface area contributed by atoms with Gasteiger partial charge in [-0.25, -0.2) is 0 Å². The minimum Gasteiger partial charge on any atom is -0.388 e. The Hall–Kier alpha value is 0.180. The summed E-state index contributed by atoms with van der Waals surface area (Å²) in [5.41, 5.74) is 0. The Morgan fingerprint density at radius 1 is 1.71 bits per heavy atom. The second-order valence-electron chi connectivity index (χ2n) is 1.67. The van der Waals surface area contributed by atoms with Crippen molar-refractivity contribution in [2.45, 2.75) is 17.4 Å². The largest absolute Gasteiger partial charge is 0.388 e. The maximum absolute atomic E-state index is 8.86. The molecule has 2 unspecified atom stereocenters. The fourth-order valence-electron chi connectivity index (χ4n) is 0.608. The fourth-order valence-corrected chi connectivity index (χ4v) is 1.00. The Bertz CT molecular complexity index is 90.1. The number of allylic oxidation sites excluding steroid dienone is 1. The van der Waals surface area contributed by atoms with E-state index < -0.39 is 0 Å². The van der Waals surface area contributed by atoms with Crippen molar-refractivity contribution < 1.29 is 5.11 Å². The van der Waals surface area contributed by atoms with Crippen LogP contribution in [0.25, 0.3) is 0 Å². The van der Waals surface area contributed by atoms with Crippen LogP contribution in [0.5, 0.6) is 0 Å². The van der Waals surface area contributed by atoms with Crippen LogP contribution >= 0.6 is 15.9 Å². The van der Waals surface area contributed by atoms with Crippen LogP contribution < -0.4 is 0 Å². The number of aliphatic hydroxyl groups excluding tert-OH is 1. The molecular weight excluding hydrogens is 156 g/mol. The van der Waals surface area contributed by atoms with Crippen LogP contribution in [0.2, 0.25) is 0 Å². The number of aliphatic hydroxyl groups is 1. The van der Waals surface area contributed by atoms with Gasteiger partial charge in [-0.05, 0) is 6.42 Å². The molecular formula is C5H7BrO. The summed E-state index contributed by atoms with van der Waals surface area (Å²) >= 11 is 3.29. The summed E-state index contributed by atoms with van der Waals surface area (Å²) in [6.45, 7) is 0. The maximum atomic E-state index is 8.86. The highest BCUT2D eigenvalue weighted by molar-refractivity contribution is 9.09. The van der Waals surface area contributed by atoms with Crippen LogP contribution in [-0.4, -0.2) is 16.0 Å². The lowest BCUT2D eigenvalue weighted by atomic mass is 10.3. The molecule has 1 N–H and O–H groups in total. The van der Waals surface area contributed by atoms with Crippen molar-refractivity contribution in [3.63, 3.8) is 0 Å². The summed E-state index contributed by atoms with van der Waals surface area (Å²) in [7, 11) is 0. The Morgan fingerprint density at radius 3 is 2.57 bits per heavy atom. The third-order valence-electron chi connectivity index (χ3n) is 1.07. The molecule has 1 rings (SSSR count). The van der Waals surface area contributed by atoms with Crippen molar-refractivity contribution in [3.05, 3.63) is 12.2 Å². The van der Waals surface area contributed by atoms with Gasteiger partial charge in [0.25, 0.3) is 0 Å². The molecule has 0 aromatic carbocycles. The van der Waals surface area contributed by atoms with Gasteiger partial charge in [0, 0.05) is 4.83 Å². The van der Waals surface area contributed by atoms with Crippen molar-refractivity contribution >= 4 is 15.9 Å².